The highest BCUT2D eigenvalue weighted by atomic mass is 127. The lowest BCUT2D eigenvalue weighted by atomic mass is 10.1. The standard InChI is InChI=1S/C19H32FN5O.HI/c1-4-21-19(22-7-8-25-9-11-26-12-10-25)23-14-16-5-6-18(20)17(13-16)15-24(2)3;/h5-6,13H,4,7-12,14-15H2,1-3H3,(H2,21,22,23);1H. The zero-order valence-corrected chi connectivity index (χ0v) is 19.0. The van der Waals surface area contributed by atoms with Gasteiger partial charge >= 0.3 is 0 Å². The average Bonchev–Trinajstić information content (AvgIpc) is 2.62. The van der Waals surface area contributed by atoms with Crippen LogP contribution in [0.4, 0.5) is 4.39 Å². The van der Waals surface area contributed by atoms with Crippen LogP contribution in [0.2, 0.25) is 0 Å². The van der Waals surface area contributed by atoms with Gasteiger partial charge in [0.2, 0.25) is 0 Å². The largest absolute Gasteiger partial charge is 0.379 e. The maximum atomic E-state index is 13.9. The van der Waals surface area contributed by atoms with Crippen molar-refractivity contribution in [3.63, 3.8) is 0 Å². The fraction of sp³-hybridized carbons (Fsp3) is 0.632. The molecule has 1 aromatic carbocycles. The summed E-state index contributed by atoms with van der Waals surface area (Å²) in [7, 11) is 3.87. The number of nitrogens with one attached hydrogen (secondary N) is 2. The molecular formula is C19H33FIN5O. The third-order valence-corrected chi connectivity index (χ3v) is 4.18. The molecule has 0 spiro atoms. The van der Waals surface area contributed by atoms with Crippen molar-refractivity contribution in [3.8, 4) is 0 Å². The van der Waals surface area contributed by atoms with Crippen molar-refractivity contribution in [2.24, 2.45) is 4.99 Å². The van der Waals surface area contributed by atoms with E-state index in [1.54, 1.807) is 6.07 Å². The van der Waals surface area contributed by atoms with E-state index in [-0.39, 0.29) is 29.8 Å². The van der Waals surface area contributed by atoms with Crippen LogP contribution >= 0.6 is 24.0 Å². The Kier molecular flexibility index (Phi) is 11.8. The van der Waals surface area contributed by atoms with Crippen LogP contribution in [0.5, 0.6) is 0 Å². The van der Waals surface area contributed by atoms with E-state index in [1.807, 2.05) is 32.0 Å². The smallest absolute Gasteiger partial charge is 0.191 e. The molecule has 1 saturated heterocycles. The number of hydrogen-bond acceptors (Lipinski definition) is 4. The summed E-state index contributed by atoms with van der Waals surface area (Å²) >= 11 is 0. The van der Waals surface area contributed by atoms with Gasteiger partial charge in [0.15, 0.2) is 5.96 Å². The number of benzene rings is 1. The SMILES string of the molecule is CCNC(=NCc1ccc(F)c(CN(C)C)c1)NCCN1CCOCC1.I. The van der Waals surface area contributed by atoms with Gasteiger partial charge in [0.25, 0.3) is 0 Å². The number of rotatable bonds is 8. The first-order valence-electron chi connectivity index (χ1n) is 9.32. The summed E-state index contributed by atoms with van der Waals surface area (Å²) in [6.45, 7) is 9.36. The van der Waals surface area contributed by atoms with E-state index in [9.17, 15) is 4.39 Å². The third-order valence-electron chi connectivity index (χ3n) is 4.18. The Bertz CT molecular complexity index is 579. The summed E-state index contributed by atoms with van der Waals surface area (Å²) in [5, 5.41) is 6.63. The molecule has 2 rings (SSSR count). The zero-order valence-electron chi connectivity index (χ0n) is 16.6. The van der Waals surface area contributed by atoms with Crippen LogP contribution in [0.1, 0.15) is 18.1 Å². The molecule has 8 heteroatoms. The molecule has 2 N–H and O–H groups in total. The lowest BCUT2D eigenvalue weighted by Crippen LogP contribution is -2.44. The molecule has 0 aromatic heterocycles. The highest BCUT2D eigenvalue weighted by molar-refractivity contribution is 14.0. The second kappa shape index (κ2) is 13.2. The molecule has 1 aliphatic rings. The van der Waals surface area contributed by atoms with E-state index in [4.69, 9.17) is 4.74 Å². The minimum absolute atomic E-state index is 0. The van der Waals surface area contributed by atoms with Crippen LogP contribution in [-0.4, -0.2) is 75.8 Å². The normalized spacial score (nSPS) is 15.5. The first kappa shape index (κ1) is 24.1. The summed E-state index contributed by atoms with van der Waals surface area (Å²) in [5.74, 6) is 0.626. The van der Waals surface area contributed by atoms with E-state index in [1.165, 1.54) is 6.07 Å². The van der Waals surface area contributed by atoms with Crippen LogP contribution in [-0.2, 0) is 17.8 Å². The second-order valence-corrected chi connectivity index (χ2v) is 6.74. The molecule has 0 saturated carbocycles. The fourth-order valence-electron chi connectivity index (χ4n) is 2.86. The molecule has 1 aliphatic heterocycles. The van der Waals surface area contributed by atoms with Crippen molar-refractivity contribution < 1.29 is 9.13 Å². The number of halogens is 2. The number of ether oxygens (including phenoxy) is 1. The molecule has 0 amide bonds. The van der Waals surface area contributed by atoms with Gasteiger partial charge in [-0.2, -0.15) is 0 Å². The van der Waals surface area contributed by atoms with E-state index >= 15 is 0 Å². The summed E-state index contributed by atoms with van der Waals surface area (Å²) in [6, 6.07) is 5.23. The van der Waals surface area contributed by atoms with Crippen molar-refractivity contribution in [2.75, 3.05) is 60.0 Å². The van der Waals surface area contributed by atoms with Crippen molar-refractivity contribution in [1.82, 2.24) is 20.4 Å². The lowest BCUT2D eigenvalue weighted by Gasteiger charge is -2.26. The lowest BCUT2D eigenvalue weighted by molar-refractivity contribution is 0.0389. The molecule has 0 unspecified atom stereocenters. The first-order valence-corrected chi connectivity index (χ1v) is 9.32. The molecule has 0 atom stereocenters. The number of guanidine groups is 1. The Labute approximate surface area is 179 Å². The van der Waals surface area contributed by atoms with Crippen LogP contribution in [0.15, 0.2) is 23.2 Å². The van der Waals surface area contributed by atoms with Gasteiger partial charge < -0.3 is 20.3 Å². The Morgan fingerprint density at radius 1 is 1.26 bits per heavy atom. The maximum absolute atomic E-state index is 13.9. The highest BCUT2D eigenvalue weighted by Gasteiger charge is 2.10. The Balaban J connectivity index is 0.00000364. The van der Waals surface area contributed by atoms with Gasteiger partial charge in [-0.15, -0.1) is 24.0 Å². The molecule has 27 heavy (non-hydrogen) atoms. The maximum Gasteiger partial charge on any atom is 0.191 e. The predicted molar refractivity (Wildman–Crippen MR) is 119 cm³/mol. The van der Waals surface area contributed by atoms with Crippen molar-refractivity contribution in [2.45, 2.75) is 20.0 Å². The van der Waals surface area contributed by atoms with Crippen LogP contribution in [0.25, 0.3) is 0 Å². The second-order valence-electron chi connectivity index (χ2n) is 6.74. The fourth-order valence-corrected chi connectivity index (χ4v) is 2.86. The summed E-state index contributed by atoms with van der Waals surface area (Å²) in [5.41, 5.74) is 1.71. The quantitative estimate of drug-likeness (QED) is 0.329. The van der Waals surface area contributed by atoms with Gasteiger partial charge in [-0.05, 0) is 38.7 Å². The topological polar surface area (TPSA) is 52.1 Å². The van der Waals surface area contributed by atoms with Gasteiger partial charge in [0.1, 0.15) is 5.82 Å². The first-order chi connectivity index (χ1) is 12.6. The zero-order chi connectivity index (χ0) is 18.8. The van der Waals surface area contributed by atoms with Crippen LogP contribution < -0.4 is 10.6 Å². The molecule has 6 nitrogen and oxygen atoms in total. The Hall–Kier alpha value is -0.970. The van der Waals surface area contributed by atoms with Crippen molar-refractivity contribution in [3.05, 3.63) is 35.1 Å². The number of morpholine rings is 1. The molecule has 1 heterocycles. The molecule has 0 radical (unpaired) electrons. The number of aliphatic imine (C=N–C) groups is 1. The van der Waals surface area contributed by atoms with Crippen molar-refractivity contribution in [1.29, 1.82) is 0 Å². The van der Waals surface area contributed by atoms with E-state index < -0.39 is 0 Å². The monoisotopic (exact) mass is 493 g/mol. The minimum atomic E-state index is -0.165. The van der Waals surface area contributed by atoms with Gasteiger partial charge in [0.05, 0.1) is 19.8 Å². The Morgan fingerprint density at radius 3 is 2.67 bits per heavy atom. The van der Waals surface area contributed by atoms with Gasteiger partial charge in [-0.3, -0.25) is 4.90 Å². The molecule has 1 aromatic rings. The minimum Gasteiger partial charge on any atom is -0.379 e. The molecule has 1 fully saturated rings. The van der Waals surface area contributed by atoms with Crippen LogP contribution in [0.3, 0.4) is 0 Å². The van der Waals surface area contributed by atoms with Gasteiger partial charge in [-0.1, -0.05) is 6.07 Å². The average molecular weight is 493 g/mol. The third kappa shape index (κ3) is 9.18. The molecule has 154 valence electrons. The van der Waals surface area contributed by atoms with E-state index in [0.717, 1.165) is 57.5 Å². The number of nitrogens with zero attached hydrogens (tertiary/aromatic N) is 3. The molecule has 0 bridgehead atoms. The van der Waals surface area contributed by atoms with E-state index in [0.29, 0.717) is 18.7 Å². The Morgan fingerprint density at radius 2 is 2.00 bits per heavy atom. The van der Waals surface area contributed by atoms with Crippen LogP contribution in [0, 0.1) is 5.82 Å². The predicted octanol–water partition coefficient (Wildman–Crippen LogP) is 1.89. The highest BCUT2D eigenvalue weighted by Crippen LogP contribution is 2.13. The van der Waals surface area contributed by atoms with Crippen molar-refractivity contribution >= 4 is 29.9 Å². The summed E-state index contributed by atoms with van der Waals surface area (Å²) in [4.78, 5) is 8.97. The number of hydrogen-bond donors (Lipinski definition) is 2. The van der Waals surface area contributed by atoms with Gasteiger partial charge in [0, 0.05) is 44.8 Å². The molecule has 0 aliphatic carbocycles. The summed E-state index contributed by atoms with van der Waals surface area (Å²) < 4.78 is 19.3. The van der Waals surface area contributed by atoms with E-state index in [2.05, 4.69) is 20.5 Å². The van der Waals surface area contributed by atoms with Gasteiger partial charge in [-0.25, -0.2) is 9.38 Å². The molecular weight excluding hydrogens is 460 g/mol. The summed E-state index contributed by atoms with van der Waals surface area (Å²) in [6.07, 6.45) is 0.